The second-order valence-corrected chi connectivity index (χ2v) is 12.2. The van der Waals surface area contributed by atoms with Crippen molar-refractivity contribution < 1.29 is 52.0 Å². The summed E-state index contributed by atoms with van der Waals surface area (Å²) in [6.07, 6.45) is 9.73. The molecule has 0 aliphatic carbocycles. The molecule has 1 aromatic carbocycles. The maximum Gasteiger partial charge on any atom is 0.336 e. The molecule has 0 heterocycles. The molecule has 1 aromatic rings. The van der Waals surface area contributed by atoms with E-state index in [9.17, 15) is 37.8 Å². The lowest BCUT2D eigenvalue weighted by molar-refractivity contribution is -0.169. The van der Waals surface area contributed by atoms with Gasteiger partial charge >= 0.3 is 11.9 Å². The number of allylic oxidation sites excluding steroid dienone is 1. The fourth-order valence-electron chi connectivity index (χ4n) is 5.26. The van der Waals surface area contributed by atoms with Gasteiger partial charge in [0.2, 0.25) is 11.8 Å². The highest BCUT2D eigenvalue weighted by Crippen LogP contribution is 2.29. The number of hydrogen-bond acceptors (Lipinski definition) is 7. The van der Waals surface area contributed by atoms with Crippen LogP contribution in [-0.4, -0.2) is 79.7 Å². The molecule has 0 saturated carbocycles. The van der Waals surface area contributed by atoms with E-state index in [2.05, 4.69) is 12.2 Å². The van der Waals surface area contributed by atoms with Crippen molar-refractivity contribution in [2.75, 3.05) is 34.1 Å². The third-order valence-electron chi connectivity index (χ3n) is 8.20. The van der Waals surface area contributed by atoms with E-state index in [1.165, 1.54) is 13.2 Å². The second kappa shape index (κ2) is 24.1. The van der Waals surface area contributed by atoms with Crippen LogP contribution >= 0.6 is 0 Å². The van der Waals surface area contributed by atoms with E-state index in [0.29, 0.717) is 49.8 Å². The van der Waals surface area contributed by atoms with Crippen molar-refractivity contribution in [1.29, 1.82) is 0 Å². The van der Waals surface area contributed by atoms with Gasteiger partial charge in [-0.15, -0.1) is 0 Å². The Kier molecular flexibility index (Phi) is 21.5. The number of esters is 1. The van der Waals surface area contributed by atoms with E-state index >= 15 is 0 Å². The maximum atomic E-state index is 14.2. The zero-order chi connectivity index (χ0) is 35.8. The van der Waals surface area contributed by atoms with Crippen LogP contribution in [0.3, 0.4) is 0 Å². The van der Waals surface area contributed by atoms with Crippen molar-refractivity contribution in [1.82, 2.24) is 5.32 Å². The first-order valence-electron chi connectivity index (χ1n) is 17.1. The van der Waals surface area contributed by atoms with Gasteiger partial charge in [-0.25, -0.2) is 18.4 Å². The number of amides is 1. The standard InChI is InChI=1S/C36H56F3NO8/c1-4-5-6-10-13-21-35(38,39)22-14-11-8-7-9-12-16-30(36(45,34(43)44)23-26-46-2)32(41)40-31(33(42)47-3)27-28-17-19-29(20-18-28)48-25-15-24-37/h12,16-20,30-31,45H,4-11,13-15,21-27H2,1-3H3,(H,40,41)(H,43,44)/t30-,31+,36+/m1/s1. The SMILES string of the molecule is CCCCCCCC(F)(F)CCCCCCC=C[C@H](C(=O)N[C@@H](Cc1ccc(OCCCF)cc1)C(=O)OC)[C@@](O)(CCOC)C(=O)O. The number of methoxy groups -OCH3 is 2. The number of unbranched alkanes of at least 4 members (excludes halogenated alkanes) is 8. The highest BCUT2D eigenvalue weighted by atomic mass is 19.3. The van der Waals surface area contributed by atoms with Gasteiger partial charge in [0.15, 0.2) is 5.60 Å². The maximum absolute atomic E-state index is 14.2. The molecule has 1 rings (SSSR count). The molecule has 0 spiro atoms. The summed E-state index contributed by atoms with van der Waals surface area (Å²) >= 11 is 0. The van der Waals surface area contributed by atoms with E-state index in [1.807, 2.05) is 0 Å². The Hall–Kier alpha value is -3.12. The van der Waals surface area contributed by atoms with E-state index in [0.717, 1.165) is 32.8 Å². The molecule has 48 heavy (non-hydrogen) atoms. The monoisotopic (exact) mass is 687 g/mol. The molecule has 0 radical (unpaired) electrons. The van der Waals surface area contributed by atoms with Crippen LogP contribution in [0.25, 0.3) is 0 Å². The van der Waals surface area contributed by atoms with Crippen molar-refractivity contribution in [2.45, 2.75) is 121 Å². The van der Waals surface area contributed by atoms with Crippen LogP contribution in [0.1, 0.15) is 102 Å². The highest BCUT2D eigenvalue weighted by Gasteiger charge is 2.47. The molecule has 274 valence electrons. The number of halogens is 3. The molecule has 9 nitrogen and oxygen atoms in total. The van der Waals surface area contributed by atoms with Gasteiger partial charge in [0, 0.05) is 45.8 Å². The molecule has 0 aliphatic rings. The fourth-order valence-corrected chi connectivity index (χ4v) is 5.26. The summed E-state index contributed by atoms with van der Waals surface area (Å²) in [5.41, 5.74) is -1.91. The van der Waals surface area contributed by atoms with Gasteiger partial charge in [0.05, 0.1) is 26.3 Å². The molecule has 12 heteroatoms. The number of carboxylic acid groups (broad SMARTS) is 1. The Morgan fingerprint density at radius 3 is 2.08 bits per heavy atom. The summed E-state index contributed by atoms with van der Waals surface area (Å²) in [6, 6.07) is 5.43. The first-order valence-corrected chi connectivity index (χ1v) is 17.1. The van der Waals surface area contributed by atoms with Crippen molar-refractivity contribution in [2.24, 2.45) is 5.92 Å². The van der Waals surface area contributed by atoms with Crippen LogP contribution in [0.15, 0.2) is 36.4 Å². The van der Waals surface area contributed by atoms with Crippen LogP contribution in [0.5, 0.6) is 5.75 Å². The molecule has 0 aromatic heterocycles. The first-order chi connectivity index (χ1) is 22.9. The number of carboxylic acids is 1. The van der Waals surface area contributed by atoms with Gasteiger partial charge < -0.3 is 29.7 Å². The number of hydrogen-bond donors (Lipinski definition) is 3. The number of aliphatic hydroxyl groups is 1. The first kappa shape index (κ1) is 42.9. The molecule has 0 aliphatic heterocycles. The molecular formula is C36H56F3NO8. The zero-order valence-electron chi connectivity index (χ0n) is 28.8. The van der Waals surface area contributed by atoms with E-state index < -0.39 is 54.4 Å². The lowest BCUT2D eigenvalue weighted by Crippen LogP contribution is -2.55. The molecule has 0 fully saturated rings. The van der Waals surface area contributed by atoms with Crippen molar-refractivity contribution >= 4 is 17.8 Å². The predicted octanol–water partition coefficient (Wildman–Crippen LogP) is 6.99. The van der Waals surface area contributed by atoms with Gasteiger partial charge in [-0.1, -0.05) is 69.7 Å². The molecule has 1 amide bonds. The average molecular weight is 688 g/mol. The largest absolute Gasteiger partial charge is 0.494 e. The lowest BCUT2D eigenvalue weighted by atomic mass is 9.83. The number of alkyl halides is 3. The van der Waals surface area contributed by atoms with Crippen molar-refractivity contribution in [3.05, 3.63) is 42.0 Å². The van der Waals surface area contributed by atoms with Crippen LogP contribution in [0.4, 0.5) is 13.2 Å². The van der Waals surface area contributed by atoms with Gasteiger partial charge in [0.1, 0.15) is 11.8 Å². The zero-order valence-corrected chi connectivity index (χ0v) is 28.8. The topological polar surface area (TPSA) is 131 Å². The normalized spacial score (nSPS) is 14.3. The third kappa shape index (κ3) is 16.8. The molecule has 3 N–H and O–H groups in total. The Labute approximate surface area is 283 Å². The molecular weight excluding hydrogens is 631 g/mol. The van der Waals surface area contributed by atoms with Crippen LogP contribution in [-0.2, 0) is 30.3 Å². The Balaban J connectivity index is 2.88. The highest BCUT2D eigenvalue weighted by molar-refractivity contribution is 5.92. The van der Waals surface area contributed by atoms with Crippen LogP contribution in [0.2, 0.25) is 0 Å². The van der Waals surface area contributed by atoms with E-state index in [1.54, 1.807) is 30.3 Å². The van der Waals surface area contributed by atoms with Crippen molar-refractivity contribution in [3.8, 4) is 5.75 Å². The summed E-state index contributed by atoms with van der Waals surface area (Å²) in [5, 5.41) is 23.7. The van der Waals surface area contributed by atoms with E-state index in [-0.39, 0.29) is 38.9 Å². The predicted molar refractivity (Wildman–Crippen MR) is 178 cm³/mol. The molecule has 0 bridgehead atoms. The van der Waals surface area contributed by atoms with Crippen LogP contribution in [0, 0.1) is 5.92 Å². The van der Waals surface area contributed by atoms with Gasteiger partial charge in [0.25, 0.3) is 0 Å². The summed E-state index contributed by atoms with van der Waals surface area (Å²) in [5.74, 6) is -7.04. The molecule has 0 unspecified atom stereocenters. The average Bonchev–Trinajstić information content (AvgIpc) is 3.06. The fraction of sp³-hybridized carbons (Fsp3) is 0.694. The number of carbonyl (C=O) groups excluding carboxylic acids is 2. The van der Waals surface area contributed by atoms with Crippen molar-refractivity contribution in [3.63, 3.8) is 0 Å². The number of ether oxygens (including phenoxy) is 3. The number of nitrogens with one attached hydrogen (secondary N) is 1. The second-order valence-electron chi connectivity index (χ2n) is 12.2. The summed E-state index contributed by atoms with van der Waals surface area (Å²) < 4.78 is 56.0. The van der Waals surface area contributed by atoms with Gasteiger partial charge in [-0.3, -0.25) is 9.18 Å². The minimum absolute atomic E-state index is 0.00107. The smallest absolute Gasteiger partial charge is 0.336 e. The molecule has 3 atom stereocenters. The Morgan fingerprint density at radius 2 is 1.52 bits per heavy atom. The number of aliphatic carboxylic acids is 1. The van der Waals surface area contributed by atoms with E-state index in [4.69, 9.17) is 14.2 Å². The Bertz CT molecular complexity index is 1090. The lowest BCUT2D eigenvalue weighted by Gasteiger charge is -2.30. The third-order valence-corrected chi connectivity index (χ3v) is 8.20. The minimum atomic E-state index is -2.66. The molecule has 0 saturated heterocycles. The summed E-state index contributed by atoms with van der Waals surface area (Å²) in [7, 11) is 2.49. The number of carbonyl (C=O) groups is 3. The number of benzene rings is 1. The minimum Gasteiger partial charge on any atom is -0.494 e. The van der Waals surface area contributed by atoms with Gasteiger partial charge in [-0.05, 0) is 43.4 Å². The van der Waals surface area contributed by atoms with Gasteiger partial charge in [-0.2, -0.15) is 0 Å². The Morgan fingerprint density at radius 1 is 0.896 bits per heavy atom. The quantitative estimate of drug-likeness (QED) is 0.0489. The number of rotatable bonds is 28. The summed E-state index contributed by atoms with van der Waals surface area (Å²) in [4.78, 5) is 38.5. The summed E-state index contributed by atoms with van der Waals surface area (Å²) in [6.45, 7) is 1.64. The van der Waals surface area contributed by atoms with Crippen LogP contribution < -0.4 is 10.1 Å².